The maximum absolute atomic E-state index is 9.11. The van der Waals surface area contributed by atoms with Gasteiger partial charge in [-0.2, -0.15) is 0 Å². The van der Waals surface area contributed by atoms with Crippen LogP contribution in [0.1, 0.15) is 12.8 Å². The molecule has 0 aromatic heterocycles. The molecule has 1 fully saturated rings. The normalized spacial score (nSPS) is 41.9. The van der Waals surface area contributed by atoms with Crippen LogP contribution in [0.3, 0.4) is 0 Å². The first-order valence-corrected chi connectivity index (χ1v) is 2.99. The summed E-state index contributed by atoms with van der Waals surface area (Å²) >= 11 is 0. The van der Waals surface area contributed by atoms with Gasteiger partial charge in [0.2, 0.25) is 0 Å². The van der Waals surface area contributed by atoms with E-state index in [1.54, 1.807) is 0 Å². The molecular formula is C6H9NO. The molecule has 0 spiro atoms. The van der Waals surface area contributed by atoms with Gasteiger partial charge in [0.1, 0.15) is 0 Å². The largest absolute Gasteiger partial charge is 0.389 e. The van der Waals surface area contributed by atoms with Gasteiger partial charge < -0.3 is 10.4 Å². The molecule has 2 aliphatic rings. The summed E-state index contributed by atoms with van der Waals surface area (Å²) in [6, 6.07) is 0.556. The molecule has 1 saturated carbocycles. The summed E-state index contributed by atoms with van der Waals surface area (Å²) in [4.78, 5) is 0. The summed E-state index contributed by atoms with van der Waals surface area (Å²) in [5, 5.41) is 12.3. The first kappa shape index (κ1) is 4.39. The molecular weight excluding hydrogens is 102 g/mol. The van der Waals surface area contributed by atoms with E-state index in [2.05, 4.69) is 5.32 Å². The van der Waals surface area contributed by atoms with Crippen LogP contribution in [-0.4, -0.2) is 17.3 Å². The highest BCUT2D eigenvalue weighted by Gasteiger charge is 2.31. The van der Waals surface area contributed by atoms with Crippen LogP contribution in [0.2, 0.25) is 0 Å². The maximum Gasteiger partial charge on any atom is 0.0787 e. The van der Waals surface area contributed by atoms with Crippen molar-refractivity contribution in [3.8, 4) is 0 Å². The fraction of sp³-hybridized carbons (Fsp3) is 0.667. The van der Waals surface area contributed by atoms with Gasteiger partial charge in [0.25, 0.3) is 0 Å². The van der Waals surface area contributed by atoms with E-state index in [1.807, 2.05) is 6.20 Å². The topological polar surface area (TPSA) is 32.3 Å². The Hall–Kier alpha value is -0.500. The van der Waals surface area contributed by atoms with Crippen LogP contribution >= 0.6 is 0 Å². The van der Waals surface area contributed by atoms with E-state index in [4.69, 9.17) is 5.11 Å². The number of aliphatic hydroxyl groups is 1. The Kier molecular flexibility index (Phi) is 0.690. The molecule has 1 aliphatic carbocycles. The van der Waals surface area contributed by atoms with Crippen LogP contribution in [0.25, 0.3) is 0 Å². The van der Waals surface area contributed by atoms with Crippen molar-refractivity contribution in [2.24, 2.45) is 0 Å². The molecule has 2 heteroatoms. The molecule has 1 aliphatic heterocycles. The second-order valence-electron chi connectivity index (χ2n) is 2.54. The lowest BCUT2D eigenvalue weighted by Gasteiger charge is -2.09. The lowest BCUT2D eigenvalue weighted by Crippen LogP contribution is -2.22. The van der Waals surface area contributed by atoms with Gasteiger partial charge in [-0.25, -0.2) is 0 Å². The van der Waals surface area contributed by atoms with Gasteiger partial charge in [-0.3, -0.25) is 0 Å². The zero-order valence-corrected chi connectivity index (χ0v) is 4.59. The van der Waals surface area contributed by atoms with E-state index in [-0.39, 0.29) is 6.10 Å². The number of nitrogens with one attached hydrogen (secondary N) is 1. The zero-order chi connectivity index (χ0) is 5.56. The van der Waals surface area contributed by atoms with E-state index in [0.29, 0.717) is 6.04 Å². The molecule has 0 aromatic carbocycles. The molecule has 44 valence electrons. The van der Waals surface area contributed by atoms with Crippen molar-refractivity contribution in [2.45, 2.75) is 25.0 Å². The molecule has 2 bridgehead atoms. The van der Waals surface area contributed by atoms with Crippen LogP contribution in [0.4, 0.5) is 0 Å². The average molecular weight is 111 g/mol. The Balaban J connectivity index is 2.28. The van der Waals surface area contributed by atoms with E-state index in [1.165, 1.54) is 5.57 Å². The molecule has 2 atom stereocenters. The van der Waals surface area contributed by atoms with Crippen LogP contribution in [0, 0.1) is 0 Å². The Morgan fingerprint density at radius 2 is 2.62 bits per heavy atom. The summed E-state index contributed by atoms with van der Waals surface area (Å²) in [5.74, 6) is 0. The summed E-state index contributed by atoms with van der Waals surface area (Å²) in [5.41, 5.74) is 1.19. The van der Waals surface area contributed by atoms with Crippen LogP contribution in [0.5, 0.6) is 0 Å². The van der Waals surface area contributed by atoms with Gasteiger partial charge in [-0.05, 0) is 24.6 Å². The van der Waals surface area contributed by atoms with E-state index in [9.17, 15) is 0 Å². The lowest BCUT2D eigenvalue weighted by atomic mass is 10.2. The number of hydrogen-bond acceptors (Lipinski definition) is 2. The number of rotatable bonds is 0. The summed E-state index contributed by atoms with van der Waals surface area (Å²) in [6.45, 7) is 0. The number of hydrogen-bond donors (Lipinski definition) is 2. The maximum atomic E-state index is 9.11. The molecule has 0 amide bonds. The van der Waals surface area contributed by atoms with Crippen molar-refractivity contribution < 1.29 is 5.11 Å². The van der Waals surface area contributed by atoms with Crippen molar-refractivity contribution in [3.63, 3.8) is 0 Å². The average Bonchev–Trinajstić information content (AvgIpc) is 2.23. The SMILES string of the molecule is OC1CC2CC1=CN2. The fourth-order valence-electron chi connectivity index (χ4n) is 1.43. The molecule has 2 rings (SSSR count). The standard InChI is InChI=1S/C6H9NO/c8-6-2-5-1-4(6)3-7-5/h3,5-8H,1-2H2. The molecule has 2 N–H and O–H groups in total. The predicted molar refractivity (Wildman–Crippen MR) is 30.2 cm³/mol. The molecule has 2 nitrogen and oxygen atoms in total. The first-order valence-electron chi connectivity index (χ1n) is 2.99. The third-order valence-corrected chi connectivity index (χ3v) is 1.92. The Morgan fingerprint density at radius 3 is 2.88 bits per heavy atom. The quantitative estimate of drug-likeness (QED) is 0.461. The predicted octanol–water partition coefficient (Wildman–Crippen LogP) is -0.00320. The minimum atomic E-state index is -0.124. The Bertz CT molecular complexity index is 141. The molecule has 0 radical (unpaired) electrons. The molecule has 8 heavy (non-hydrogen) atoms. The second-order valence-corrected chi connectivity index (χ2v) is 2.54. The van der Waals surface area contributed by atoms with E-state index in [0.717, 1.165) is 12.8 Å². The fourth-order valence-corrected chi connectivity index (χ4v) is 1.43. The van der Waals surface area contributed by atoms with Gasteiger partial charge in [0.15, 0.2) is 0 Å². The van der Waals surface area contributed by atoms with Gasteiger partial charge in [-0.15, -0.1) is 0 Å². The van der Waals surface area contributed by atoms with Crippen molar-refractivity contribution in [1.82, 2.24) is 5.32 Å². The number of aliphatic hydroxyl groups excluding tert-OH is 1. The third-order valence-electron chi connectivity index (χ3n) is 1.92. The summed E-state index contributed by atoms with van der Waals surface area (Å²) in [6.07, 6.45) is 3.81. The van der Waals surface area contributed by atoms with Crippen molar-refractivity contribution in [1.29, 1.82) is 0 Å². The highest BCUT2D eigenvalue weighted by Crippen LogP contribution is 2.29. The minimum Gasteiger partial charge on any atom is -0.389 e. The molecule has 1 heterocycles. The molecule has 2 unspecified atom stereocenters. The van der Waals surface area contributed by atoms with Gasteiger partial charge in [0.05, 0.1) is 6.10 Å². The highest BCUT2D eigenvalue weighted by atomic mass is 16.3. The summed E-state index contributed by atoms with van der Waals surface area (Å²) < 4.78 is 0. The molecule has 0 aromatic rings. The Morgan fingerprint density at radius 1 is 1.75 bits per heavy atom. The molecule has 0 saturated heterocycles. The highest BCUT2D eigenvalue weighted by molar-refractivity contribution is 5.21. The first-order chi connectivity index (χ1) is 3.86. The minimum absolute atomic E-state index is 0.124. The second kappa shape index (κ2) is 1.26. The summed E-state index contributed by atoms with van der Waals surface area (Å²) in [7, 11) is 0. The van der Waals surface area contributed by atoms with Crippen molar-refractivity contribution >= 4 is 0 Å². The third kappa shape index (κ3) is 0.409. The van der Waals surface area contributed by atoms with E-state index >= 15 is 0 Å². The van der Waals surface area contributed by atoms with Crippen molar-refractivity contribution in [3.05, 3.63) is 11.8 Å². The van der Waals surface area contributed by atoms with Gasteiger partial charge in [0, 0.05) is 6.04 Å². The van der Waals surface area contributed by atoms with Gasteiger partial charge in [-0.1, -0.05) is 0 Å². The monoisotopic (exact) mass is 111 g/mol. The number of fused-ring (bicyclic) bond motifs is 2. The lowest BCUT2D eigenvalue weighted by molar-refractivity contribution is 0.206. The van der Waals surface area contributed by atoms with E-state index < -0.39 is 0 Å². The van der Waals surface area contributed by atoms with Crippen LogP contribution in [-0.2, 0) is 0 Å². The Labute approximate surface area is 48.2 Å². The van der Waals surface area contributed by atoms with Crippen LogP contribution < -0.4 is 5.32 Å². The van der Waals surface area contributed by atoms with Crippen molar-refractivity contribution in [2.75, 3.05) is 0 Å². The smallest absolute Gasteiger partial charge is 0.0787 e. The van der Waals surface area contributed by atoms with Crippen LogP contribution in [0.15, 0.2) is 11.8 Å². The zero-order valence-electron chi connectivity index (χ0n) is 4.59. The van der Waals surface area contributed by atoms with Gasteiger partial charge >= 0.3 is 0 Å².